The van der Waals surface area contributed by atoms with Gasteiger partial charge in [-0.05, 0) is 175 Å². The Morgan fingerprint density at radius 2 is 1.19 bits per heavy atom. The first kappa shape index (κ1) is 57.7. The number of unbranched alkanes of at least 4 members (excludes halogenated alkanes) is 3. The van der Waals surface area contributed by atoms with E-state index in [1.807, 2.05) is 34.0 Å². The lowest BCUT2D eigenvalue weighted by atomic mass is 9.54. The number of benzene rings is 6. The topological polar surface area (TPSA) is 38.9 Å². The molecule has 6 heteroatoms. The van der Waals surface area contributed by atoms with Gasteiger partial charge in [-0.15, -0.1) is 34.0 Å². The zero-order chi connectivity index (χ0) is 58.9. The summed E-state index contributed by atoms with van der Waals surface area (Å²) < 4.78 is 14.6. The highest BCUT2D eigenvalue weighted by Crippen LogP contribution is 2.60. The number of hydrogen-bond donors (Lipinski definition) is 0. The maximum absolute atomic E-state index is 6.43. The Hall–Kier alpha value is -5.40. The summed E-state index contributed by atoms with van der Waals surface area (Å²) in [6.07, 6.45) is 17.5. The second-order valence-electron chi connectivity index (χ2n) is 28.3. The van der Waals surface area contributed by atoms with Crippen molar-refractivity contribution in [1.82, 2.24) is 9.97 Å². The Kier molecular flexibility index (Phi) is 14.3. The van der Waals surface area contributed by atoms with Crippen molar-refractivity contribution in [2.45, 2.75) is 226 Å². The predicted octanol–water partition coefficient (Wildman–Crippen LogP) is 24.3. The number of fused-ring (bicyclic) bond motifs is 13. The summed E-state index contributed by atoms with van der Waals surface area (Å²) in [6.45, 7) is 34.6. The van der Waals surface area contributed by atoms with E-state index in [2.05, 4.69) is 206 Å². The fourth-order valence-electron chi connectivity index (χ4n) is 17.2. The third kappa shape index (κ3) is 8.68. The van der Waals surface area contributed by atoms with Gasteiger partial charge in [0.25, 0.3) is 0 Å². The Labute approximate surface area is 513 Å². The molecule has 0 amide bonds. The van der Waals surface area contributed by atoms with Gasteiger partial charge >= 0.3 is 0 Å². The summed E-state index contributed by atoms with van der Waals surface area (Å²) in [6, 6.07) is 43.0. The number of rotatable bonds is 18. The van der Waals surface area contributed by atoms with Crippen LogP contribution in [0, 0.1) is 5.41 Å². The first-order chi connectivity index (χ1) is 40.3. The van der Waals surface area contributed by atoms with Gasteiger partial charge in [0, 0.05) is 78.3 Å². The molecule has 2 aliphatic carbocycles. The average Bonchev–Trinajstić information content (AvgIpc) is 1.46. The molecular formula is C78H90N2OS3. The van der Waals surface area contributed by atoms with Crippen molar-refractivity contribution >= 4 is 106 Å². The number of aryl methyl sites for hydroxylation is 1. The summed E-state index contributed by atoms with van der Waals surface area (Å²) in [5.74, 6) is 0.842. The molecule has 5 unspecified atom stereocenters. The maximum atomic E-state index is 6.43. The number of thiophene rings is 3. The van der Waals surface area contributed by atoms with Crippen molar-refractivity contribution in [2.75, 3.05) is 0 Å². The maximum Gasteiger partial charge on any atom is 0.159 e. The van der Waals surface area contributed by atoms with Gasteiger partial charge in [-0.3, -0.25) is 0 Å². The van der Waals surface area contributed by atoms with Crippen molar-refractivity contribution < 1.29 is 4.42 Å². The fraction of sp³-hybridized carbons (Fsp3) is 0.462. The van der Waals surface area contributed by atoms with E-state index < -0.39 is 0 Å². The third-order valence-corrected chi connectivity index (χ3v) is 27.2. The Balaban J connectivity index is 0.974. The molecule has 0 spiro atoms. The smallest absolute Gasteiger partial charge is 0.159 e. The lowest BCUT2D eigenvalue weighted by molar-refractivity contribution is 0.183. The first-order valence-corrected chi connectivity index (χ1v) is 35.0. The van der Waals surface area contributed by atoms with E-state index in [1.54, 1.807) is 22.3 Å². The summed E-state index contributed by atoms with van der Waals surface area (Å²) in [7, 11) is 0. The zero-order valence-corrected chi connectivity index (χ0v) is 55.5. The highest BCUT2D eigenvalue weighted by molar-refractivity contribution is 7.36. The van der Waals surface area contributed by atoms with Gasteiger partial charge in [0.1, 0.15) is 11.2 Å². The van der Waals surface area contributed by atoms with Crippen LogP contribution < -0.4 is 0 Å². The largest absolute Gasteiger partial charge is 0.456 e. The van der Waals surface area contributed by atoms with Crippen LogP contribution in [0.4, 0.5) is 0 Å². The Morgan fingerprint density at radius 3 is 1.88 bits per heavy atom. The lowest BCUT2D eigenvalue weighted by Gasteiger charge is -2.49. The molecule has 84 heavy (non-hydrogen) atoms. The molecule has 0 bridgehead atoms. The minimum atomic E-state index is -0.355. The molecule has 3 nitrogen and oxygen atoms in total. The standard InChI is InChI=1S/C78H90N2OS3/c1-15-22-23-26-36-73(10)46-50-40-60-48(39-59(50)72(8,9)47-73)35-37-78(60,21-7)77(14,20-6)68-45-67(79-71(80-68)49-29-34-63-57(38-49)58-43-56-53-27-24-25-28-61(53)81-62(56)44-66(58)82-63)76(13,19-5)75(12,18-4)52-31-33-55-65(42-52)84-69-54-32-30-51(74(11,16-2)17-3)41-64(54)83-70(55)69/h24-25,27-34,38-45H,15-23,26,35-37,46-47H2,1-14H3. The molecule has 2 aliphatic rings. The molecule has 5 heterocycles. The van der Waals surface area contributed by atoms with E-state index in [9.17, 15) is 0 Å². The highest BCUT2D eigenvalue weighted by atomic mass is 32.1. The van der Waals surface area contributed by atoms with Gasteiger partial charge in [-0.2, -0.15) is 0 Å². The van der Waals surface area contributed by atoms with Gasteiger partial charge in [-0.1, -0.05) is 177 Å². The molecule has 0 radical (unpaired) electrons. The van der Waals surface area contributed by atoms with Gasteiger partial charge in [0.2, 0.25) is 0 Å². The van der Waals surface area contributed by atoms with Crippen molar-refractivity contribution in [1.29, 1.82) is 0 Å². The van der Waals surface area contributed by atoms with Crippen LogP contribution in [-0.4, -0.2) is 9.97 Å². The molecule has 0 fully saturated rings. The van der Waals surface area contributed by atoms with Gasteiger partial charge < -0.3 is 4.42 Å². The van der Waals surface area contributed by atoms with Crippen molar-refractivity contribution in [3.05, 3.63) is 154 Å². The minimum Gasteiger partial charge on any atom is -0.456 e. The number of hydrogen-bond acceptors (Lipinski definition) is 6. The van der Waals surface area contributed by atoms with Crippen LogP contribution in [0.1, 0.15) is 225 Å². The molecule has 436 valence electrons. The average molecular weight is 1170 g/mol. The molecule has 5 atom stereocenters. The van der Waals surface area contributed by atoms with Gasteiger partial charge in [0.15, 0.2) is 5.82 Å². The van der Waals surface area contributed by atoms with Crippen LogP contribution in [-0.2, 0) is 45.3 Å². The second kappa shape index (κ2) is 20.9. The number of furan rings is 1. The van der Waals surface area contributed by atoms with E-state index in [-0.39, 0.29) is 32.5 Å². The molecular weight excluding hydrogens is 1080 g/mol. The van der Waals surface area contributed by atoms with Crippen LogP contribution in [0.25, 0.3) is 83.1 Å². The molecule has 0 N–H and O–H groups in total. The quantitative estimate of drug-likeness (QED) is 0.0804. The second-order valence-corrected chi connectivity index (χ2v) is 31.5. The van der Waals surface area contributed by atoms with E-state index in [1.165, 1.54) is 112 Å². The number of para-hydroxylation sites is 1. The van der Waals surface area contributed by atoms with Crippen LogP contribution >= 0.6 is 34.0 Å². The van der Waals surface area contributed by atoms with Crippen LogP contribution in [0.15, 0.2) is 114 Å². The van der Waals surface area contributed by atoms with Crippen LogP contribution in [0.2, 0.25) is 0 Å². The van der Waals surface area contributed by atoms with Crippen molar-refractivity contribution in [3.8, 4) is 11.4 Å². The summed E-state index contributed by atoms with van der Waals surface area (Å²) in [4.78, 5) is 12.0. The summed E-state index contributed by atoms with van der Waals surface area (Å²) in [5.41, 5.74) is 14.2. The number of nitrogens with zero attached hydrogens (tertiary/aromatic N) is 2. The minimum absolute atomic E-state index is 0.106. The van der Waals surface area contributed by atoms with E-state index in [0.29, 0.717) is 5.41 Å². The first-order valence-electron chi connectivity index (χ1n) is 32.5. The van der Waals surface area contributed by atoms with Crippen molar-refractivity contribution in [2.24, 2.45) is 5.41 Å². The third-order valence-electron chi connectivity index (χ3n) is 23.6. The molecule has 6 aromatic carbocycles. The molecule has 0 saturated heterocycles. The molecule has 13 rings (SSSR count). The predicted molar refractivity (Wildman–Crippen MR) is 368 cm³/mol. The zero-order valence-electron chi connectivity index (χ0n) is 53.0. The summed E-state index contributed by atoms with van der Waals surface area (Å²) >= 11 is 5.83. The fourth-order valence-corrected chi connectivity index (χ4v) is 21.0. The van der Waals surface area contributed by atoms with E-state index >= 15 is 0 Å². The Morgan fingerprint density at radius 1 is 0.524 bits per heavy atom. The van der Waals surface area contributed by atoms with Crippen molar-refractivity contribution in [3.63, 3.8) is 0 Å². The Bertz CT molecular complexity index is 4370. The normalized spacial score (nSPS) is 20.4. The molecule has 11 aromatic rings. The monoisotopic (exact) mass is 1170 g/mol. The van der Waals surface area contributed by atoms with E-state index in [4.69, 9.17) is 14.4 Å². The van der Waals surface area contributed by atoms with Gasteiger partial charge in [-0.25, -0.2) is 9.97 Å². The van der Waals surface area contributed by atoms with Crippen LogP contribution in [0.3, 0.4) is 0 Å². The lowest BCUT2D eigenvalue weighted by Crippen LogP contribution is -2.48. The molecule has 5 aromatic heterocycles. The highest BCUT2D eigenvalue weighted by Gasteiger charge is 2.55. The van der Waals surface area contributed by atoms with E-state index in [0.717, 1.165) is 90.4 Å². The molecule has 0 saturated carbocycles. The molecule has 0 aliphatic heterocycles. The van der Waals surface area contributed by atoms with Crippen LogP contribution in [0.5, 0.6) is 0 Å². The SMILES string of the molecule is CCCCCCC1(C)Cc2cc3c(cc2C(C)(C)C1)CCC3(CC)C(C)(CC)c1cc(C(C)(CC)C(C)(CC)c2ccc3c(c2)sc2c4ccc(C(C)(CC)CC)cc4sc32)nc(-c2ccc3sc4cc5oc6ccccc6c5cc4c3c2)n1. The number of aromatic nitrogens is 2. The summed E-state index contributed by atoms with van der Waals surface area (Å²) in [5, 5.41) is 7.63. The van der Waals surface area contributed by atoms with Gasteiger partial charge in [0.05, 0.1) is 20.8 Å².